The van der Waals surface area contributed by atoms with Gasteiger partial charge in [-0.3, -0.25) is 19.1 Å². The highest BCUT2D eigenvalue weighted by Crippen LogP contribution is 2.44. The maximum absolute atomic E-state index is 12.8. The standard InChI is InChI=1S/C35H41N5O8S/c41-31(19-9-18-30-29-17-11-21-38-20-10-12-26(33(29)38)25-39(30)27-13-3-1-4-14-27)36-24-32(42)46-22-7-8-23-47-34-35(40(43)48-37-34)49(44,45)28-15-5-2-6-16-28/h1-6,13-16,26,29-30,33H,7,9-12,17-22,24-25H2,(H,36,41). The van der Waals surface area contributed by atoms with Crippen LogP contribution >= 0.6 is 0 Å². The molecule has 3 fully saturated rings. The molecular formula is C35H41N5O8S. The van der Waals surface area contributed by atoms with Gasteiger partial charge in [0.1, 0.15) is 19.3 Å². The molecule has 1 aromatic heterocycles. The quantitative estimate of drug-likeness (QED) is 0.129. The Bertz CT molecular complexity index is 1760. The molecule has 260 valence electrons. The number of para-hydroxylation sites is 1. The SMILES string of the molecule is O=C(CCCC1C2CCCN3CCCC(CN1c1ccccc1)C23)NCC(=O)OCCC#COc1no[n+]([O-])c1S(=O)(=O)c1ccccc1. The first-order chi connectivity index (χ1) is 23.8. The van der Waals surface area contributed by atoms with E-state index in [1.54, 1.807) is 6.07 Å². The number of piperidine rings is 3. The van der Waals surface area contributed by atoms with Gasteiger partial charge >= 0.3 is 16.9 Å². The van der Waals surface area contributed by atoms with Crippen LogP contribution in [0.4, 0.5) is 5.69 Å². The van der Waals surface area contributed by atoms with E-state index in [4.69, 9.17) is 9.47 Å². The molecule has 1 N–H and O–H groups in total. The van der Waals surface area contributed by atoms with Gasteiger partial charge < -0.3 is 24.9 Å². The van der Waals surface area contributed by atoms with E-state index >= 15 is 0 Å². The van der Waals surface area contributed by atoms with Gasteiger partial charge in [0.25, 0.3) is 9.84 Å². The van der Waals surface area contributed by atoms with Crippen molar-refractivity contribution >= 4 is 27.4 Å². The van der Waals surface area contributed by atoms with Gasteiger partial charge in [-0.15, -0.1) is 0 Å². The summed E-state index contributed by atoms with van der Waals surface area (Å²) in [5.74, 6) is 2.41. The Morgan fingerprint density at radius 2 is 1.80 bits per heavy atom. The Morgan fingerprint density at radius 1 is 1.06 bits per heavy atom. The molecule has 0 bridgehead atoms. The highest BCUT2D eigenvalue weighted by molar-refractivity contribution is 7.91. The van der Waals surface area contributed by atoms with Gasteiger partial charge in [-0.1, -0.05) is 42.3 Å². The van der Waals surface area contributed by atoms with E-state index in [-0.39, 0.29) is 35.3 Å². The van der Waals surface area contributed by atoms with Crippen LogP contribution in [-0.4, -0.2) is 75.2 Å². The van der Waals surface area contributed by atoms with Crippen LogP contribution in [0, 0.1) is 29.1 Å². The molecule has 14 heteroatoms. The number of carbonyl (C=O) groups is 2. The maximum atomic E-state index is 12.8. The van der Waals surface area contributed by atoms with E-state index in [0.717, 1.165) is 19.4 Å². The van der Waals surface area contributed by atoms with Crippen molar-refractivity contribution in [3.05, 3.63) is 65.9 Å². The molecule has 4 heterocycles. The molecule has 3 aliphatic heterocycles. The average Bonchev–Trinajstić information content (AvgIpc) is 3.51. The molecule has 6 rings (SSSR count). The summed E-state index contributed by atoms with van der Waals surface area (Å²) in [4.78, 5) is 29.8. The highest BCUT2D eigenvalue weighted by Gasteiger charge is 2.48. The lowest BCUT2D eigenvalue weighted by Gasteiger charge is -2.58. The van der Waals surface area contributed by atoms with Gasteiger partial charge in [-0.05, 0) is 92.6 Å². The van der Waals surface area contributed by atoms with Crippen molar-refractivity contribution < 1.29 is 37.0 Å². The van der Waals surface area contributed by atoms with Crippen LogP contribution in [0.5, 0.6) is 5.88 Å². The number of hydrogen-bond donors (Lipinski definition) is 1. The largest absolute Gasteiger partial charge is 0.463 e. The first kappa shape index (κ1) is 34.3. The average molecular weight is 692 g/mol. The normalized spacial score (nSPS) is 21.9. The van der Waals surface area contributed by atoms with Crippen LogP contribution in [0.3, 0.4) is 0 Å². The summed E-state index contributed by atoms with van der Waals surface area (Å²) in [6, 6.07) is 18.9. The van der Waals surface area contributed by atoms with E-state index < -0.39 is 26.7 Å². The van der Waals surface area contributed by atoms with Crippen molar-refractivity contribution in [3.63, 3.8) is 0 Å². The lowest BCUT2D eigenvalue weighted by atomic mass is 9.69. The number of nitrogens with one attached hydrogen (secondary N) is 1. The number of amides is 1. The summed E-state index contributed by atoms with van der Waals surface area (Å²) in [5, 5.41) is 17.1. The van der Waals surface area contributed by atoms with Gasteiger partial charge in [-0.2, -0.15) is 0 Å². The predicted octanol–water partition coefficient (Wildman–Crippen LogP) is 3.08. The van der Waals surface area contributed by atoms with Crippen molar-refractivity contribution in [2.45, 2.75) is 73.4 Å². The number of carbonyl (C=O) groups excluding carboxylic acids is 2. The minimum atomic E-state index is -4.27. The fraction of sp³-hybridized carbons (Fsp3) is 0.486. The second kappa shape index (κ2) is 15.7. The van der Waals surface area contributed by atoms with Crippen molar-refractivity contribution in [3.8, 4) is 17.9 Å². The predicted molar refractivity (Wildman–Crippen MR) is 177 cm³/mol. The molecule has 3 aromatic rings. The van der Waals surface area contributed by atoms with Gasteiger partial charge in [0.15, 0.2) is 0 Å². The molecule has 0 aliphatic carbocycles. The number of hydrogen-bond acceptors (Lipinski definition) is 11. The van der Waals surface area contributed by atoms with Gasteiger partial charge in [0, 0.05) is 37.2 Å². The lowest BCUT2D eigenvalue weighted by molar-refractivity contribution is -0.832. The molecule has 3 saturated heterocycles. The van der Waals surface area contributed by atoms with Crippen LogP contribution in [0.2, 0.25) is 0 Å². The molecule has 0 saturated carbocycles. The number of nitrogens with zero attached hydrogens (tertiary/aromatic N) is 4. The Balaban J connectivity index is 0.929. The molecule has 0 spiro atoms. The maximum Gasteiger partial charge on any atom is 0.428 e. The molecule has 13 nitrogen and oxygen atoms in total. The number of benzene rings is 2. The zero-order valence-electron chi connectivity index (χ0n) is 27.2. The number of sulfone groups is 1. The summed E-state index contributed by atoms with van der Waals surface area (Å²) in [6.07, 6.45) is 9.24. The molecule has 3 aliphatic rings. The van der Waals surface area contributed by atoms with E-state index in [0.29, 0.717) is 30.3 Å². The van der Waals surface area contributed by atoms with E-state index in [9.17, 15) is 23.2 Å². The Kier molecular flexibility index (Phi) is 11.0. The summed E-state index contributed by atoms with van der Waals surface area (Å²) in [7, 11) is -4.27. The summed E-state index contributed by atoms with van der Waals surface area (Å²) in [5.41, 5.74) is 1.26. The minimum Gasteiger partial charge on any atom is -0.463 e. The second-order valence-electron chi connectivity index (χ2n) is 12.7. The van der Waals surface area contributed by atoms with Crippen molar-refractivity contribution in [1.29, 1.82) is 0 Å². The third-order valence-electron chi connectivity index (χ3n) is 9.66. The topological polar surface area (TPSA) is 158 Å². The number of aromatic nitrogens is 2. The summed E-state index contributed by atoms with van der Waals surface area (Å²) >= 11 is 0. The first-order valence-electron chi connectivity index (χ1n) is 16.9. The van der Waals surface area contributed by atoms with E-state index in [2.05, 4.69) is 67.3 Å². The van der Waals surface area contributed by atoms with Crippen molar-refractivity contribution in [1.82, 2.24) is 15.4 Å². The lowest BCUT2D eigenvalue weighted by Crippen LogP contribution is -2.65. The number of ether oxygens (including phenoxy) is 2. The molecule has 49 heavy (non-hydrogen) atoms. The summed E-state index contributed by atoms with van der Waals surface area (Å²) in [6.45, 7) is 3.11. The molecule has 4 unspecified atom stereocenters. The van der Waals surface area contributed by atoms with Crippen LogP contribution in [0.1, 0.15) is 51.4 Å². The zero-order valence-corrected chi connectivity index (χ0v) is 28.1. The van der Waals surface area contributed by atoms with Crippen LogP contribution in [0.25, 0.3) is 0 Å². The van der Waals surface area contributed by atoms with Gasteiger partial charge in [0.05, 0.1) is 10.1 Å². The van der Waals surface area contributed by atoms with E-state index in [1.807, 2.05) is 0 Å². The van der Waals surface area contributed by atoms with Crippen molar-refractivity contribution in [2.75, 3.05) is 37.7 Å². The van der Waals surface area contributed by atoms with Crippen LogP contribution in [-0.2, 0) is 24.2 Å². The summed E-state index contributed by atoms with van der Waals surface area (Å²) < 4.78 is 40.2. The Labute approximate surface area is 286 Å². The van der Waals surface area contributed by atoms with Gasteiger partial charge in [0.2, 0.25) is 5.91 Å². The fourth-order valence-corrected chi connectivity index (χ4v) is 8.91. The second-order valence-corrected chi connectivity index (χ2v) is 14.5. The van der Waals surface area contributed by atoms with Crippen molar-refractivity contribution in [2.24, 2.45) is 11.8 Å². The number of esters is 1. The van der Waals surface area contributed by atoms with Crippen LogP contribution < -0.4 is 19.9 Å². The minimum absolute atomic E-state index is 0.0510. The molecule has 0 radical (unpaired) electrons. The monoisotopic (exact) mass is 691 g/mol. The zero-order chi connectivity index (χ0) is 34.2. The Morgan fingerprint density at radius 3 is 2.57 bits per heavy atom. The number of rotatable bonds is 12. The van der Waals surface area contributed by atoms with Crippen LogP contribution in [0.15, 0.2) is 75.2 Å². The molecule has 1 amide bonds. The Hall–Kier alpha value is -4.61. The first-order valence-corrected chi connectivity index (χ1v) is 18.3. The molecular weight excluding hydrogens is 650 g/mol. The smallest absolute Gasteiger partial charge is 0.428 e. The fourth-order valence-electron chi connectivity index (χ4n) is 7.63. The third-order valence-corrected chi connectivity index (χ3v) is 11.4. The van der Waals surface area contributed by atoms with Gasteiger partial charge in [-0.25, -0.2) is 8.42 Å². The van der Waals surface area contributed by atoms with E-state index in [1.165, 1.54) is 68.7 Å². The molecule has 2 aromatic carbocycles. The number of anilines is 1. The highest BCUT2D eigenvalue weighted by atomic mass is 32.2. The third kappa shape index (κ3) is 8.00. The molecule has 4 atom stereocenters.